The Morgan fingerprint density at radius 2 is 1.86 bits per heavy atom. The van der Waals surface area contributed by atoms with E-state index in [1.807, 2.05) is 0 Å². The minimum Gasteiger partial charge on any atom is -0.341 e. The largest absolute Gasteiger partial charge is 0.416 e. The van der Waals surface area contributed by atoms with E-state index >= 15 is 0 Å². The third kappa shape index (κ3) is 4.05. The third-order valence-corrected chi connectivity index (χ3v) is 6.09. The van der Waals surface area contributed by atoms with Crippen LogP contribution in [0.15, 0.2) is 48.7 Å². The quantitative estimate of drug-likeness (QED) is 0.345. The van der Waals surface area contributed by atoms with Crippen molar-refractivity contribution >= 4 is 40.0 Å². The number of rotatable bonds is 3. The number of anilines is 1. The van der Waals surface area contributed by atoms with E-state index in [1.165, 1.54) is 16.8 Å². The Hall–Kier alpha value is -3.99. The maximum atomic E-state index is 14.0. The molecule has 2 heterocycles. The van der Waals surface area contributed by atoms with E-state index in [0.717, 1.165) is 12.1 Å². The van der Waals surface area contributed by atoms with Crippen LogP contribution in [0.3, 0.4) is 0 Å². The highest BCUT2D eigenvalue weighted by molar-refractivity contribution is 6.31. The first-order chi connectivity index (χ1) is 16.9. The molecule has 1 aliphatic rings. The van der Waals surface area contributed by atoms with E-state index in [9.17, 15) is 31.5 Å². The molecule has 6 nitrogen and oxygen atoms in total. The predicted molar refractivity (Wildman–Crippen MR) is 121 cm³/mol. The molecule has 0 bridgehead atoms. The summed E-state index contributed by atoms with van der Waals surface area (Å²) in [4.78, 5) is 26.0. The maximum Gasteiger partial charge on any atom is 0.416 e. The van der Waals surface area contributed by atoms with Crippen molar-refractivity contribution in [1.29, 1.82) is 0 Å². The molecule has 5 rings (SSSR count). The second-order valence-electron chi connectivity index (χ2n) is 8.21. The van der Waals surface area contributed by atoms with Gasteiger partial charge in [-0.15, -0.1) is 0 Å². The molecule has 4 aromatic rings. The normalized spacial score (nSPS) is 15.2. The minimum atomic E-state index is -4.87. The Kier molecular flexibility index (Phi) is 5.47. The van der Waals surface area contributed by atoms with Gasteiger partial charge in [-0.05, 0) is 42.5 Å². The summed E-state index contributed by atoms with van der Waals surface area (Å²) in [5, 5.41) is 10.1. The number of hydrogen-bond donors (Lipinski definition) is 2. The summed E-state index contributed by atoms with van der Waals surface area (Å²) in [7, 11) is 1.61. The Balaban J connectivity index is 1.67. The van der Waals surface area contributed by atoms with Crippen LogP contribution in [0.4, 0.5) is 27.6 Å². The molecule has 0 radical (unpaired) electrons. The molecule has 0 saturated heterocycles. The molecule has 0 aliphatic carbocycles. The third-order valence-electron chi connectivity index (χ3n) is 5.75. The minimum absolute atomic E-state index is 0.0389. The lowest BCUT2D eigenvalue weighted by molar-refractivity contribution is -0.137. The number of carbonyl (C=O) groups excluding carboxylic acids is 2. The van der Waals surface area contributed by atoms with Crippen LogP contribution in [0.1, 0.15) is 43.4 Å². The number of carbonyl (C=O) groups is 2. The molecular formula is C24H14ClF5N4O2. The molecular weight excluding hydrogens is 507 g/mol. The van der Waals surface area contributed by atoms with Crippen LogP contribution >= 0.6 is 11.6 Å². The zero-order chi connectivity index (χ0) is 25.9. The Morgan fingerprint density at radius 1 is 1.11 bits per heavy atom. The van der Waals surface area contributed by atoms with E-state index in [-0.39, 0.29) is 33.5 Å². The molecule has 1 aromatic heterocycles. The topological polar surface area (TPSA) is 76.0 Å². The van der Waals surface area contributed by atoms with Gasteiger partial charge in [0.2, 0.25) is 0 Å². The van der Waals surface area contributed by atoms with Crippen molar-refractivity contribution in [3.8, 4) is 0 Å². The van der Waals surface area contributed by atoms with Crippen LogP contribution in [0.2, 0.25) is 5.02 Å². The van der Waals surface area contributed by atoms with Crippen LogP contribution < -0.4 is 10.6 Å². The van der Waals surface area contributed by atoms with Gasteiger partial charge in [0.15, 0.2) is 0 Å². The highest BCUT2D eigenvalue weighted by Crippen LogP contribution is 2.42. The van der Waals surface area contributed by atoms with Crippen LogP contribution in [0.5, 0.6) is 0 Å². The van der Waals surface area contributed by atoms with Crippen molar-refractivity contribution in [3.05, 3.63) is 93.1 Å². The number of aromatic nitrogens is 2. The number of alkyl halides is 3. The van der Waals surface area contributed by atoms with Gasteiger partial charge in [0.1, 0.15) is 17.2 Å². The second kappa shape index (κ2) is 8.30. The highest BCUT2D eigenvalue weighted by atomic mass is 35.5. The Bertz CT molecular complexity index is 1580. The Labute approximate surface area is 204 Å². The predicted octanol–water partition coefficient (Wildman–Crippen LogP) is 5.61. The molecule has 3 aromatic carbocycles. The van der Waals surface area contributed by atoms with Gasteiger partial charge in [-0.25, -0.2) is 8.78 Å². The zero-order valence-electron chi connectivity index (χ0n) is 18.2. The van der Waals surface area contributed by atoms with Crippen LogP contribution in [0.25, 0.3) is 10.9 Å². The summed E-state index contributed by atoms with van der Waals surface area (Å²) >= 11 is 6.27. The summed E-state index contributed by atoms with van der Waals surface area (Å²) in [6.07, 6.45) is -3.30. The van der Waals surface area contributed by atoms with Crippen molar-refractivity contribution in [2.24, 2.45) is 7.05 Å². The number of aryl methyl sites for hydroxylation is 1. The molecule has 2 amide bonds. The standard InChI is InChI=1S/C24H14ClF5N4O2/c1-34-9-11-6-17(31-22(35)10-4-12(24(28,29)30)7-14(27)5-10)18-19(20(11)33-34)23(36)32-21(18)15-8-13(26)2-3-16(15)25/h2-9,21H,1H3,(H,31,35)(H,32,36). The molecule has 0 saturated carbocycles. The molecule has 0 spiro atoms. The summed E-state index contributed by atoms with van der Waals surface area (Å²) in [6, 6.07) is 5.50. The first-order valence-corrected chi connectivity index (χ1v) is 10.8. The summed E-state index contributed by atoms with van der Waals surface area (Å²) in [5.41, 5.74) is -1.11. The van der Waals surface area contributed by atoms with Crippen LogP contribution in [-0.2, 0) is 13.2 Å². The van der Waals surface area contributed by atoms with Gasteiger partial charge in [0, 0.05) is 46.0 Å². The molecule has 12 heteroatoms. The van der Waals surface area contributed by atoms with Gasteiger partial charge in [-0.1, -0.05) is 11.6 Å². The van der Waals surface area contributed by atoms with E-state index in [1.54, 1.807) is 13.2 Å². The molecule has 36 heavy (non-hydrogen) atoms. The average molecular weight is 521 g/mol. The van der Waals surface area contributed by atoms with Crippen molar-refractivity contribution in [2.45, 2.75) is 12.2 Å². The van der Waals surface area contributed by atoms with Crippen molar-refractivity contribution in [3.63, 3.8) is 0 Å². The van der Waals surface area contributed by atoms with E-state index in [2.05, 4.69) is 15.7 Å². The van der Waals surface area contributed by atoms with Gasteiger partial charge in [-0.3, -0.25) is 14.3 Å². The zero-order valence-corrected chi connectivity index (χ0v) is 18.9. The monoisotopic (exact) mass is 520 g/mol. The van der Waals surface area contributed by atoms with Gasteiger partial charge in [-0.2, -0.15) is 18.3 Å². The fraction of sp³-hybridized carbons (Fsp3) is 0.125. The van der Waals surface area contributed by atoms with Crippen LogP contribution in [0, 0.1) is 11.6 Å². The molecule has 2 N–H and O–H groups in total. The molecule has 1 aliphatic heterocycles. The van der Waals surface area contributed by atoms with E-state index in [0.29, 0.717) is 23.0 Å². The summed E-state index contributed by atoms with van der Waals surface area (Å²) in [5.74, 6) is -3.49. The molecule has 0 fully saturated rings. The summed E-state index contributed by atoms with van der Waals surface area (Å²) < 4.78 is 68.9. The lowest BCUT2D eigenvalue weighted by Crippen LogP contribution is -2.21. The van der Waals surface area contributed by atoms with Gasteiger partial charge < -0.3 is 10.6 Å². The highest BCUT2D eigenvalue weighted by Gasteiger charge is 2.37. The molecule has 1 atom stereocenters. The lowest BCUT2D eigenvalue weighted by atomic mass is 9.94. The SMILES string of the molecule is Cn1cc2cc(NC(=O)c3cc(F)cc(C(F)(F)F)c3)c3c(c2n1)C(=O)NC3c1cc(F)ccc1Cl. The first kappa shape index (κ1) is 23.7. The van der Waals surface area contributed by atoms with Gasteiger partial charge in [0.05, 0.1) is 17.2 Å². The maximum absolute atomic E-state index is 14.0. The van der Waals surface area contributed by atoms with Gasteiger partial charge in [0.25, 0.3) is 11.8 Å². The number of nitrogens with zero attached hydrogens (tertiary/aromatic N) is 2. The molecule has 1 unspecified atom stereocenters. The smallest absolute Gasteiger partial charge is 0.341 e. The number of amides is 2. The van der Waals surface area contributed by atoms with Crippen molar-refractivity contribution in [2.75, 3.05) is 5.32 Å². The van der Waals surface area contributed by atoms with Crippen molar-refractivity contribution < 1.29 is 31.5 Å². The van der Waals surface area contributed by atoms with E-state index in [4.69, 9.17) is 11.6 Å². The number of hydrogen-bond acceptors (Lipinski definition) is 3. The summed E-state index contributed by atoms with van der Waals surface area (Å²) in [6.45, 7) is 0. The first-order valence-electron chi connectivity index (χ1n) is 10.4. The number of halogens is 6. The van der Waals surface area contributed by atoms with E-state index < -0.39 is 46.8 Å². The average Bonchev–Trinajstić information content (AvgIpc) is 3.33. The van der Waals surface area contributed by atoms with Gasteiger partial charge >= 0.3 is 6.18 Å². The van der Waals surface area contributed by atoms with Crippen molar-refractivity contribution in [1.82, 2.24) is 15.1 Å². The Morgan fingerprint density at radius 3 is 2.58 bits per heavy atom. The second-order valence-corrected chi connectivity index (χ2v) is 8.61. The molecule has 184 valence electrons. The fourth-order valence-electron chi connectivity index (χ4n) is 4.26. The number of benzene rings is 3. The lowest BCUT2D eigenvalue weighted by Gasteiger charge is -2.18. The number of nitrogens with one attached hydrogen (secondary N) is 2. The van der Waals surface area contributed by atoms with Crippen LogP contribution in [-0.4, -0.2) is 21.6 Å². The fourth-order valence-corrected chi connectivity index (χ4v) is 4.49. The number of fused-ring (bicyclic) bond motifs is 3.